The van der Waals surface area contributed by atoms with Gasteiger partial charge in [-0.2, -0.15) is 0 Å². The second-order valence-corrected chi connectivity index (χ2v) is 7.57. The number of carbonyl (C=O) groups excluding carboxylic acids is 1. The molecule has 1 heterocycles. The Balaban J connectivity index is 1.67. The number of amides is 1. The van der Waals surface area contributed by atoms with Crippen molar-refractivity contribution in [2.75, 3.05) is 19.0 Å². The highest BCUT2D eigenvalue weighted by atomic mass is 32.1. The summed E-state index contributed by atoms with van der Waals surface area (Å²) in [5.74, 6) is 1.11. The first-order chi connectivity index (χ1) is 14.1. The van der Waals surface area contributed by atoms with Crippen LogP contribution in [0, 0.1) is 6.92 Å². The first kappa shape index (κ1) is 20.6. The van der Waals surface area contributed by atoms with Crippen LogP contribution in [0.2, 0.25) is 0 Å². The fraction of sp³-hybridized carbons (Fsp3) is 0.217. The van der Waals surface area contributed by atoms with E-state index in [2.05, 4.69) is 17.2 Å². The molecule has 1 N–H and O–H groups in total. The molecule has 1 aromatic heterocycles. The van der Waals surface area contributed by atoms with Crippen LogP contribution in [0.25, 0.3) is 17.3 Å². The minimum Gasteiger partial charge on any atom is -0.493 e. The number of ether oxygens (including phenoxy) is 2. The van der Waals surface area contributed by atoms with Gasteiger partial charge in [0.05, 0.1) is 19.4 Å². The fourth-order valence-electron chi connectivity index (χ4n) is 2.75. The second kappa shape index (κ2) is 9.89. The van der Waals surface area contributed by atoms with Crippen molar-refractivity contribution >= 4 is 28.5 Å². The third-order valence-corrected chi connectivity index (χ3v) is 5.04. The highest BCUT2D eigenvalue weighted by Crippen LogP contribution is 2.30. The molecule has 5 nitrogen and oxygen atoms in total. The number of aryl methyl sites for hydroxylation is 1. The van der Waals surface area contributed by atoms with Crippen molar-refractivity contribution in [1.82, 2.24) is 4.98 Å². The number of thiazole rings is 1. The summed E-state index contributed by atoms with van der Waals surface area (Å²) in [5.41, 5.74) is 2.78. The van der Waals surface area contributed by atoms with E-state index in [1.165, 1.54) is 17.4 Å². The number of nitrogens with zero attached hydrogens (tertiary/aromatic N) is 1. The van der Waals surface area contributed by atoms with Crippen LogP contribution in [-0.2, 0) is 4.79 Å². The van der Waals surface area contributed by atoms with Crippen molar-refractivity contribution < 1.29 is 14.3 Å². The Bertz CT molecular complexity index is 997. The van der Waals surface area contributed by atoms with Gasteiger partial charge >= 0.3 is 0 Å². The summed E-state index contributed by atoms with van der Waals surface area (Å²) in [7, 11) is 1.60. The minimum atomic E-state index is -0.233. The fourth-order valence-corrected chi connectivity index (χ4v) is 3.59. The van der Waals surface area contributed by atoms with Gasteiger partial charge in [0, 0.05) is 16.5 Å². The van der Waals surface area contributed by atoms with E-state index in [0.717, 1.165) is 28.1 Å². The maximum atomic E-state index is 12.3. The molecule has 0 aliphatic rings. The van der Waals surface area contributed by atoms with Crippen molar-refractivity contribution in [2.24, 2.45) is 0 Å². The molecule has 3 aromatic rings. The number of hydrogen-bond acceptors (Lipinski definition) is 5. The van der Waals surface area contributed by atoms with Crippen LogP contribution in [0.4, 0.5) is 5.13 Å². The number of nitrogens with one attached hydrogen (secondary N) is 1. The molecule has 0 fully saturated rings. The highest BCUT2D eigenvalue weighted by Gasteiger charge is 2.11. The maximum absolute atomic E-state index is 12.3. The van der Waals surface area contributed by atoms with Gasteiger partial charge in [-0.3, -0.25) is 10.1 Å². The van der Waals surface area contributed by atoms with Crippen LogP contribution in [0.1, 0.15) is 23.8 Å². The summed E-state index contributed by atoms with van der Waals surface area (Å²) in [6.07, 6.45) is 4.15. The van der Waals surface area contributed by atoms with Crippen LogP contribution >= 0.6 is 11.3 Å². The molecular formula is C23H24N2O3S. The van der Waals surface area contributed by atoms with E-state index in [9.17, 15) is 4.79 Å². The van der Waals surface area contributed by atoms with E-state index >= 15 is 0 Å². The molecule has 29 heavy (non-hydrogen) atoms. The average molecular weight is 409 g/mol. The lowest BCUT2D eigenvalue weighted by atomic mass is 10.1. The zero-order chi connectivity index (χ0) is 20.6. The summed E-state index contributed by atoms with van der Waals surface area (Å²) >= 11 is 1.46. The molecule has 0 bridgehead atoms. The number of benzene rings is 2. The molecule has 2 aromatic carbocycles. The van der Waals surface area contributed by atoms with E-state index in [1.54, 1.807) is 13.2 Å². The molecule has 3 rings (SSSR count). The number of hydrogen-bond donors (Lipinski definition) is 1. The Kier molecular flexibility index (Phi) is 7.03. The number of rotatable bonds is 8. The third-order valence-electron chi connectivity index (χ3n) is 4.15. The van der Waals surface area contributed by atoms with Crippen LogP contribution in [0.5, 0.6) is 11.5 Å². The van der Waals surface area contributed by atoms with Gasteiger partial charge in [0.1, 0.15) is 0 Å². The van der Waals surface area contributed by atoms with Gasteiger partial charge < -0.3 is 9.47 Å². The largest absolute Gasteiger partial charge is 0.493 e. The van der Waals surface area contributed by atoms with E-state index in [-0.39, 0.29) is 5.91 Å². The SMILES string of the molecule is CCCOc1ccc(C=CC(=O)Nc2nc(-c3ccccc3)c(C)s2)cc1OC. The molecule has 0 unspecified atom stereocenters. The Morgan fingerprint density at radius 3 is 2.69 bits per heavy atom. The molecule has 0 aliphatic carbocycles. The third kappa shape index (κ3) is 5.45. The zero-order valence-electron chi connectivity index (χ0n) is 16.8. The Morgan fingerprint density at radius 1 is 1.17 bits per heavy atom. The summed E-state index contributed by atoms with van der Waals surface area (Å²) < 4.78 is 11.0. The summed E-state index contributed by atoms with van der Waals surface area (Å²) in [6.45, 7) is 4.68. The van der Waals surface area contributed by atoms with E-state index in [0.29, 0.717) is 23.2 Å². The van der Waals surface area contributed by atoms with Gasteiger partial charge in [-0.15, -0.1) is 11.3 Å². The number of anilines is 1. The number of methoxy groups -OCH3 is 1. The summed E-state index contributed by atoms with van der Waals surface area (Å²) in [5, 5.41) is 3.42. The second-order valence-electron chi connectivity index (χ2n) is 6.37. The lowest BCUT2D eigenvalue weighted by Gasteiger charge is -2.10. The van der Waals surface area contributed by atoms with Gasteiger partial charge in [-0.05, 0) is 37.1 Å². The quantitative estimate of drug-likeness (QED) is 0.495. The van der Waals surface area contributed by atoms with E-state index in [1.807, 2.05) is 55.5 Å². The standard InChI is InChI=1S/C23H24N2O3S/c1-4-14-28-19-12-10-17(15-20(19)27-3)11-13-21(26)24-23-25-22(16(2)29-23)18-8-6-5-7-9-18/h5-13,15H,4,14H2,1-3H3,(H,24,25,26). The van der Waals surface area contributed by atoms with Gasteiger partial charge in [-0.1, -0.05) is 43.3 Å². The van der Waals surface area contributed by atoms with Crippen molar-refractivity contribution in [2.45, 2.75) is 20.3 Å². The molecule has 0 saturated heterocycles. The number of aromatic nitrogens is 1. The van der Waals surface area contributed by atoms with Crippen molar-refractivity contribution in [3.05, 3.63) is 65.0 Å². The Hall–Kier alpha value is -3.12. The van der Waals surface area contributed by atoms with Crippen LogP contribution < -0.4 is 14.8 Å². The molecule has 0 aliphatic heterocycles. The van der Waals surface area contributed by atoms with Crippen LogP contribution in [0.3, 0.4) is 0 Å². The van der Waals surface area contributed by atoms with Gasteiger partial charge in [0.2, 0.25) is 5.91 Å². The highest BCUT2D eigenvalue weighted by molar-refractivity contribution is 7.16. The molecule has 6 heteroatoms. The monoisotopic (exact) mass is 408 g/mol. The molecule has 0 atom stereocenters. The lowest BCUT2D eigenvalue weighted by Crippen LogP contribution is -2.07. The predicted octanol–water partition coefficient (Wildman–Crippen LogP) is 5.57. The topological polar surface area (TPSA) is 60.5 Å². The summed E-state index contributed by atoms with van der Waals surface area (Å²) in [4.78, 5) is 17.9. The maximum Gasteiger partial charge on any atom is 0.250 e. The minimum absolute atomic E-state index is 0.233. The van der Waals surface area contributed by atoms with Gasteiger partial charge in [0.25, 0.3) is 0 Å². The Morgan fingerprint density at radius 2 is 1.97 bits per heavy atom. The molecule has 0 spiro atoms. The molecule has 0 radical (unpaired) electrons. The number of carbonyl (C=O) groups is 1. The molecule has 150 valence electrons. The van der Waals surface area contributed by atoms with E-state index < -0.39 is 0 Å². The first-order valence-corrected chi connectivity index (χ1v) is 10.2. The summed E-state index contributed by atoms with van der Waals surface area (Å²) in [6, 6.07) is 15.5. The molecular weight excluding hydrogens is 384 g/mol. The molecule has 0 saturated carbocycles. The molecule has 1 amide bonds. The van der Waals surface area contributed by atoms with Crippen molar-refractivity contribution in [3.8, 4) is 22.8 Å². The smallest absolute Gasteiger partial charge is 0.250 e. The Labute approximate surface area is 175 Å². The van der Waals surface area contributed by atoms with Gasteiger partial charge in [0.15, 0.2) is 16.6 Å². The lowest BCUT2D eigenvalue weighted by molar-refractivity contribution is -0.111. The normalized spacial score (nSPS) is 10.9. The van der Waals surface area contributed by atoms with Gasteiger partial charge in [-0.25, -0.2) is 4.98 Å². The van der Waals surface area contributed by atoms with Crippen LogP contribution in [0.15, 0.2) is 54.6 Å². The van der Waals surface area contributed by atoms with Crippen molar-refractivity contribution in [3.63, 3.8) is 0 Å². The van der Waals surface area contributed by atoms with Crippen molar-refractivity contribution in [1.29, 1.82) is 0 Å². The first-order valence-electron chi connectivity index (χ1n) is 9.43. The van der Waals surface area contributed by atoms with E-state index in [4.69, 9.17) is 9.47 Å². The predicted molar refractivity (Wildman–Crippen MR) is 119 cm³/mol. The zero-order valence-corrected chi connectivity index (χ0v) is 17.6. The average Bonchev–Trinajstić information content (AvgIpc) is 3.11. The van der Waals surface area contributed by atoms with Crippen LogP contribution in [-0.4, -0.2) is 24.6 Å².